The van der Waals surface area contributed by atoms with Crippen molar-refractivity contribution >= 4 is 5.91 Å². The van der Waals surface area contributed by atoms with Gasteiger partial charge in [-0.2, -0.15) is 0 Å². The number of ether oxygens (including phenoxy) is 1. The highest BCUT2D eigenvalue weighted by molar-refractivity contribution is 5.93. The summed E-state index contributed by atoms with van der Waals surface area (Å²) < 4.78 is 5.07. The first-order valence-corrected chi connectivity index (χ1v) is 7.46. The third kappa shape index (κ3) is 4.14. The van der Waals surface area contributed by atoms with Crippen molar-refractivity contribution in [2.45, 2.75) is 32.6 Å². The molecule has 6 nitrogen and oxygen atoms in total. The molecule has 1 atom stereocenters. The predicted molar refractivity (Wildman–Crippen MR) is 79.3 cm³/mol. The molecule has 21 heavy (non-hydrogen) atoms. The number of amides is 1. The van der Waals surface area contributed by atoms with Crippen LogP contribution in [0.25, 0.3) is 0 Å². The van der Waals surface area contributed by atoms with Gasteiger partial charge in [0.2, 0.25) is 0 Å². The number of carbonyl (C=O) groups is 1. The monoisotopic (exact) mass is 293 g/mol. The fraction of sp³-hybridized carbons (Fsp3) is 0.667. The number of H-pyrrole nitrogens is 1. The van der Waals surface area contributed by atoms with Gasteiger partial charge in [-0.25, -0.2) is 4.98 Å². The second-order valence-electron chi connectivity index (χ2n) is 5.61. The van der Waals surface area contributed by atoms with Crippen LogP contribution in [0.4, 0.5) is 0 Å². The molecule has 0 unspecified atom stereocenters. The SMILES string of the molecule is COCCC[C@@H]1CCCN(C(=O)c2cnc(C)[nH]c2=O)C1. The van der Waals surface area contributed by atoms with Crippen molar-refractivity contribution in [1.29, 1.82) is 0 Å². The third-order valence-electron chi connectivity index (χ3n) is 3.92. The minimum absolute atomic E-state index is 0.137. The molecule has 116 valence electrons. The van der Waals surface area contributed by atoms with Crippen molar-refractivity contribution in [2.24, 2.45) is 5.92 Å². The van der Waals surface area contributed by atoms with E-state index in [1.165, 1.54) is 6.20 Å². The number of rotatable bonds is 5. The Kier molecular flexibility index (Phi) is 5.50. The van der Waals surface area contributed by atoms with Crippen LogP contribution in [0.15, 0.2) is 11.0 Å². The summed E-state index contributed by atoms with van der Waals surface area (Å²) in [7, 11) is 1.70. The number of aromatic amines is 1. The minimum Gasteiger partial charge on any atom is -0.385 e. The van der Waals surface area contributed by atoms with E-state index in [1.54, 1.807) is 18.9 Å². The Labute approximate surface area is 124 Å². The first-order chi connectivity index (χ1) is 10.1. The number of nitrogens with one attached hydrogen (secondary N) is 1. The van der Waals surface area contributed by atoms with Gasteiger partial charge < -0.3 is 14.6 Å². The highest BCUT2D eigenvalue weighted by Crippen LogP contribution is 2.21. The molecule has 1 N–H and O–H groups in total. The molecule has 0 radical (unpaired) electrons. The quantitative estimate of drug-likeness (QED) is 0.832. The average Bonchev–Trinajstić information content (AvgIpc) is 2.47. The van der Waals surface area contributed by atoms with Crippen LogP contribution in [0.1, 0.15) is 41.9 Å². The molecule has 1 amide bonds. The lowest BCUT2D eigenvalue weighted by molar-refractivity contribution is 0.0658. The zero-order chi connectivity index (χ0) is 15.2. The van der Waals surface area contributed by atoms with E-state index in [4.69, 9.17) is 4.74 Å². The maximum Gasteiger partial charge on any atom is 0.263 e. The van der Waals surface area contributed by atoms with Crippen molar-refractivity contribution in [3.8, 4) is 0 Å². The molecule has 1 aliphatic rings. The van der Waals surface area contributed by atoms with Crippen LogP contribution in [0.2, 0.25) is 0 Å². The van der Waals surface area contributed by atoms with Gasteiger partial charge in [0.25, 0.3) is 11.5 Å². The van der Waals surface area contributed by atoms with Gasteiger partial charge >= 0.3 is 0 Å². The predicted octanol–water partition coefficient (Wildman–Crippen LogP) is 1.36. The van der Waals surface area contributed by atoms with Crippen LogP contribution in [0.3, 0.4) is 0 Å². The summed E-state index contributed by atoms with van der Waals surface area (Å²) >= 11 is 0. The molecule has 0 bridgehead atoms. The molecule has 1 aliphatic heterocycles. The van der Waals surface area contributed by atoms with E-state index < -0.39 is 0 Å². The molecule has 0 saturated carbocycles. The smallest absolute Gasteiger partial charge is 0.263 e. The van der Waals surface area contributed by atoms with Gasteiger partial charge in [-0.3, -0.25) is 9.59 Å². The topological polar surface area (TPSA) is 75.3 Å². The number of aryl methyl sites for hydroxylation is 1. The van der Waals surface area contributed by atoms with E-state index in [0.29, 0.717) is 18.3 Å². The Balaban J connectivity index is 2.00. The number of nitrogens with zero attached hydrogens (tertiary/aromatic N) is 2. The van der Waals surface area contributed by atoms with Crippen molar-refractivity contribution in [3.05, 3.63) is 27.9 Å². The first kappa shape index (κ1) is 15.7. The van der Waals surface area contributed by atoms with Gasteiger partial charge in [-0.1, -0.05) is 0 Å². The van der Waals surface area contributed by atoms with E-state index in [0.717, 1.165) is 38.8 Å². The molecule has 6 heteroatoms. The molecule has 2 rings (SSSR count). The Hall–Kier alpha value is -1.69. The molecule has 2 heterocycles. The van der Waals surface area contributed by atoms with Gasteiger partial charge in [-0.05, 0) is 38.5 Å². The molecule has 0 spiro atoms. The zero-order valence-electron chi connectivity index (χ0n) is 12.7. The van der Waals surface area contributed by atoms with Gasteiger partial charge in [-0.15, -0.1) is 0 Å². The molecule has 1 aromatic rings. The second kappa shape index (κ2) is 7.36. The Morgan fingerprint density at radius 3 is 3.10 bits per heavy atom. The van der Waals surface area contributed by atoms with Crippen LogP contribution < -0.4 is 5.56 Å². The second-order valence-corrected chi connectivity index (χ2v) is 5.61. The summed E-state index contributed by atoms with van der Waals surface area (Å²) in [6.07, 6.45) is 5.57. The van der Waals surface area contributed by atoms with Gasteiger partial charge in [0.05, 0.1) is 0 Å². The number of hydrogen-bond acceptors (Lipinski definition) is 4. The Morgan fingerprint density at radius 2 is 2.38 bits per heavy atom. The summed E-state index contributed by atoms with van der Waals surface area (Å²) in [6.45, 7) is 3.89. The molecule has 1 aromatic heterocycles. The summed E-state index contributed by atoms with van der Waals surface area (Å²) in [4.78, 5) is 32.7. The van der Waals surface area contributed by atoms with E-state index in [2.05, 4.69) is 9.97 Å². The van der Waals surface area contributed by atoms with E-state index in [9.17, 15) is 9.59 Å². The Morgan fingerprint density at radius 1 is 1.57 bits per heavy atom. The summed E-state index contributed by atoms with van der Waals surface area (Å²) in [5.41, 5.74) is -0.216. The summed E-state index contributed by atoms with van der Waals surface area (Å²) in [6, 6.07) is 0. The largest absolute Gasteiger partial charge is 0.385 e. The molecule has 1 saturated heterocycles. The number of hydrogen-bond donors (Lipinski definition) is 1. The number of carbonyl (C=O) groups excluding carboxylic acids is 1. The summed E-state index contributed by atoms with van der Waals surface area (Å²) in [5.74, 6) is 0.808. The molecule has 0 aromatic carbocycles. The van der Waals surface area contributed by atoms with Gasteiger partial charge in [0.15, 0.2) is 0 Å². The average molecular weight is 293 g/mol. The maximum absolute atomic E-state index is 12.4. The van der Waals surface area contributed by atoms with Crippen LogP contribution >= 0.6 is 0 Å². The number of methoxy groups -OCH3 is 1. The lowest BCUT2D eigenvalue weighted by atomic mass is 9.93. The third-order valence-corrected chi connectivity index (χ3v) is 3.92. The zero-order valence-corrected chi connectivity index (χ0v) is 12.7. The highest BCUT2D eigenvalue weighted by atomic mass is 16.5. The number of aromatic nitrogens is 2. The first-order valence-electron chi connectivity index (χ1n) is 7.46. The lowest BCUT2D eigenvalue weighted by Crippen LogP contribution is -2.42. The number of likely N-dealkylation sites (tertiary alicyclic amines) is 1. The fourth-order valence-electron chi connectivity index (χ4n) is 2.81. The summed E-state index contributed by atoms with van der Waals surface area (Å²) in [5, 5.41) is 0. The standard InChI is InChI=1S/C15H23N3O3/c1-11-16-9-13(14(19)17-11)15(20)18-7-3-5-12(10-18)6-4-8-21-2/h9,12H,3-8,10H2,1-2H3,(H,16,17,19)/t12-/m0/s1. The molecular formula is C15H23N3O3. The molecule has 1 fully saturated rings. The van der Waals surface area contributed by atoms with Crippen LogP contribution in [0.5, 0.6) is 0 Å². The van der Waals surface area contributed by atoms with Crippen molar-refractivity contribution in [2.75, 3.05) is 26.8 Å². The van der Waals surface area contributed by atoms with Crippen LogP contribution in [0, 0.1) is 12.8 Å². The van der Waals surface area contributed by atoms with Gasteiger partial charge in [0, 0.05) is 33.0 Å². The van der Waals surface area contributed by atoms with E-state index in [1.807, 2.05) is 0 Å². The number of piperidine rings is 1. The van der Waals surface area contributed by atoms with Crippen LogP contribution in [-0.2, 0) is 4.74 Å². The normalized spacial score (nSPS) is 18.8. The minimum atomic E-state index is -0.353. The van der Waals surface area contributed by atoms with E-state index in [-0.39, 0.29) is 17.0 Å². The Bertz CT molecular complexity index is 541. The highest BCUT2D eigenvalue weighted by Gasteiger charge is 2.25. The van der Waals surface area contributed by atoms with Gasteiger partial charge in [0.1, 0.15) is 11.4 Å². The van der Waals surface area contributed by atoms with Crippen LogP contribution in [-0.4, -0.2) is 47.6 Å². The van der Waals surface area contributed by atoms with E-state index >= 15 is 0 Å². The van der Waals surface area contributed by atoms with Crippen molar-refractivity contribution in [1.82, 2.24) is 14.9 Å². The van der Waals surface area contributed by atoms with Crippen molar-refractivity contribution in [3.63, 3.8) is 0 Å². The van der Waals surface area contributed by atoms with Crippen molar-refractivity contribution < 1.29 is 9.53 Å². The molecule has 0 aliphatic carbocycles. The fourth-order valence-corrected chi connectivity index (χ4v) is 2.81. The molecular weight excluding hydrogens is 270 g/mol. The lowest BCUT2D eigenvalue weighted by Gasteiger charge is -2.32. The maximum atomic E-state index is 12.4.